The first-order chi connectivity index (χ1) is 19.7. The Kier molecular flexibility index (Phi) is 9.01. The fourth-order valence-corrected chi connectivity index (χ4v) is 5.28. The number of ether oxygens (including phenoxy) is 1. The van der Waals surface area contributed by atoms with E-state index < -0.39 is 12.0 Å². The number of nitrogens with one attached hydrogen (secondary N) is 3. The Morgan fingerprint density at radius 2 is 1.93 bits per heavy atom. The molecule has 0 bridgehead atoms. The van der Waals surface area contributed by atoms with Crippen molar-refractivity contribution in [3.8, 4) is 0 Å². The number of carbonyl (C=O) groups excluding carboxylic acids is 2. The average molecular weight is 571 g/mol. The monoisotopic (exact) mass is 570 g/mol. The van der Waals surface area contributed by atoms with Crippen molar-refractivity contribution in [3.05, 3.63) is 47.5 Å². The van der Waals surface area contributed by atoms with Crippen molar-refractivity contribution >= 4 is 22.8 Å². The second-order valence-corrected chi connectivity index (χ2v) is 11.8. The van der Waals surface area contributed by atoms with Crippen LogP contribution in [0.1, 0.15) is 106 Å². The Balaban J connectivity index is 0.00000106. The highest BCUT2D eigenvalue weighted by molar-refractivity contribution is 5.93. The summed E-state index contributed by atoms with van der Waals surface area (Å²) in [5.74, 6) is -2.75. The number of alkyl halides is 2. The van der Waals surface area contributed by atoms with Gasteiger partial charge in [0.25, 0.3) is 5.91 Å². The van der Waals surface area contributed by atoms with Gasteiger partial charge in [-0.25, -0.2) is 13.8 Å². The van der Waals surface area contributed by atoms with Gasteiger partial charge in [-0.2, -0.15) is 5.10 Å². The van der Waals surface area contributed by atoms with Crippen molar-refractivity contribution in [2.75, 3.05) is 6.61 Å². The van der Waals surface area contributed by atoms with Crippen LogP contribution in [0.25, 0.3) is 11.0 Å². The lowest BCUT2D eigenvalue weighted by Crippen LogP contribution is -2.40. The van der Waals surface area contributed by atoms with E-state index in [-0.39, 0.29) is 55.7 Å². The van der Waals surface area contributed by atoms with E-state index in [0.717, 1.165) is 35.9 Å². The Morgan fingerprint density at radius 1 is 1.15 bits per heavy atom. The summed E-state index contributed by atoms with van der Waals surface area (Å²) < 4.78 is 33.8. The highest BCUT2D eigenvalue weighted by atomic mass is 19.3. The third-order valence-electron chi connectivity index (χ3n) is 7.62. The molecule has 1 aliphatic heterocycles. The number of H-pyrrole nitrogens is 1. The Bertz CT molecular complexity index is 1330. The normalized spacial score (nSPS) is 20.6. The molecule has 0 radical (unpaired) electrons. The maximum atomic E-state index is 13.3. The van der Waals surface area contributed by atoms with E-state index in [1.807, 2.05) is 32.0 Å². The number of hydrogen-bond donors (Lipinski definition) is 3. The molecule has 2 atom stereocenters. The van der Waals surface area contributed by atoms with E-state index in [1.165, 1.54) is 19.3 Å². The number of halogens is 2. The molecule has 41 heavy (non-hydrogen) atoms. The quantitative estimate of drug-likeness (QED) is 0.310. The number of imidazole rings is 1. The largest absolute Gasteiger partial charge is 0.376 e. The first kappa shape index (κ1) is 29.2. The third-order valence-corrected chi connectivity index (χ3v) is 7.62. The van der Waals surface area contributed by atoms with Crippen LogP contribution < -0.4 is 10.6 Å². The van der Waals surface area contributed by atoms with Crippen LogP contribution in [-0.4, -0.2) is 50.2 Å². The minimum absolute atomic E-state index is 0.0370. The molecule has 9 nitrogen and oxygen atoms in total. The molecule has 2 amide bonds. The van der Waals surface area contributed by atoms with Gasteiger partial charge in [-0.1, -0.05) is 25.3 Å². The minimum atomic E-state index is -2.62. The summed E-state index contributed by atoms with van der Waals surface area (Å²) in [7, 11) is 0. The molecule has 3 heterocycles. The zero-order chi connectivity index (χ0) is 29.0. The summed E-state index contributed by atoms with van der Waals surface area (Å²) in [4.78, 5) is 33.6. The number of nitrogens with zero attached hydrogens (tertiary/aromatic N) is 3. The van der Waals surface area contributed by atoms with Crippen molar-refractivity contribution in [1.82, 2.24) is 30.4 Å². The SMILES string of the molecule is C1CC1.CC(C)n1nccc1C(=O)NC(c1nc2ccc(CNC(=O)CC3CC(F)(F)C3)cc2[nH]1)C1CCCCO1. The second-order valence-electron chi connectivity index (χ2n) is 11.8. The van der Waals surface area contributed by atoms with Crippen LogP contribution >= 0.6 is 0 Å². The van der Waals surface area contributed by atoms with Crippen LogP contribution in [0.4, 0.5) is 8.78 Å². The molecule has 3 fully saturated rings. The van der Waals surface area contributed by atoms with Gasteiger partial charge >= 0.3 is 0 Å². The second kappa shape index (κ2) is 12.7. The van der Waals surface area contributed by atoms with Crippen LogP contribution in [0.5, 0.6) is 0 Å². The maximum Gasteiger partial charge on any atom is 0.270 e. The van der Waals surface area contributed by atoms with Crippen molar-refractivity contribution in [2.45, 2.75) is 102 Å². The number of amides is 2. The molecule has 6 rings (SSSR count). The molecule has 2 aliphatic carbocycles. The number of aromatic nitrogens is 4. The van der Waals surface area contributed by atoms with E-state index in [0.29, 0.717) is 18.1 Å². The van der Waals surface area contributed by atoms with E-state index in [4.69, 9.17) is 9.72 Å². The van der Waals surface area contributed by atoms with Gasteiger partial charge in [0.1, 0.15) is 17.6 Å². The van der Waals surface area contributed by atoms with Crippen molar-refractivity contribution in [2.24, 2.45) is 5.92 Å². The highest BCUT2D eigenvalue weighted by Gasteiger charge is 2.45. The Morgan fingerprint density at radius 3 is 2.59 bits per heavy atom. The number of hydrogen-bond acceptors (Lipinski definition) is 5. The lowest BCUT2D eigenvalue weighted by molar-refractivity contribution is -0.133. The standard InChI is InChI=1S/C27H34F2N6O3.C3H6/c1-16(2)35-21(8-9-31-35)26(37)34-24(22-5-3-4-10-38-22)25-32-19-7-6-17(11-20(19)33-25)15-30-23(36)12-18-13-27(28,29)14-18;1-2-3-1/h6-9,11,16,18,22,24H,3-5,10,12-15H2,1-2H3,(H,30,36)(H,32,33)(H,34,37);1-3H2. The molecular weight excluding hydrogens is 530 g/mol. The van der Waals surface area contributed by atoms with Crippen LogP contribution in [-0.2, 0) is 16.1 Å². The number of rotatable bonds is 9. The molecule has 2 saturated carbocycles. The summed E-state index contributed by atoms with van der Waals surface area (Å²) in [6.07, 6.45) is 8.36. The molecule has 1 saturated heterocycles. The molecule has 3 aliphatic rings. The van der Waals surface area contributed by atoms with Gasteiger partial charge in [0.15, 0.2) is 0 Å². The fraction of sp³-hybridized carbons (Fsp3) is 0.600. The molecule has 2 aromatic heterocycles. The van der Waals surface area contributed by atoms with Crippen molar-refractivity contribution in [3.63, 3.8) is 0 Å². The molecule has 1 aromatic carbocycles. The summed E-state index contributed by atoms with van der Waals surface area (Å²) in [6.45, 7) is 4.86. The number of carbonyl (C=O) groups is 2. The van der Waals surface area contributed by atoms with Crippen LogP contribution in [0.2, 0.25) is 0 Å². The number of fused-ring (bicyclic) bond motifs is 1. The van der Waals surface area contributed by atoms with Crippen molar-refractivity contribution in [1.29, 1.82) is 0 Å². The van der Waals surface area contributed by atoms with E-state index in [9.17, 15) is 18.4 Å². The Labute approximate surface area is 238 Å². The summed E-state index contributed by atoms with van der Waals surface area (Å²) in [5.41, 5.74) is 2.83. The maximum absolute atomic E-state index is 13.3. The predicted octanol–water partition coefficient (Wildman–Crippen LogP) is 5.60. The zero-order valence-electron chi connectivity index (χ0n) is 23.8. The first-order valence-electron chi connectivity index (χ1n) is 14.8. The van der Waals surface area contributed by atoms with E-state index in [1.54, 1.807) is 16.9 Å². The molecular formula is C30H40F2N6O3. The summed E-state index contributed by atoms with van der Waals surface area (Å²) >= 11 is 0. The highest BCUT2D eigenvalue weighted by Crippen LogP contribution is 2.43. The lowest BCUT2D eigenvalue weighted by atomic mass is 9.79. The van der Waals surface area contributed by atoms with E-state index >= 15 is 0 Å². The molecule has 3 aromatic rings. The van der Waals surface area contributed by atoms with Crippen molar-refractivity contribution < 1.29 is 23.1 Å². The molecule has 2 unspecified atom stereocenters. The minimum Gasteiger partial charge on any atom is -0.376 e. The number of aromatic amines is 1. The zero-order valence-corrected chi connectivity index (χ0v) is 23.8. The van der Waals surface area contributed by atoms with E-state index in [2.05, 4.69) is 20.7 Å². The predicted molar refractivity (Wildman–Crippen MR) is 150 cm³/mol. The van der Waals surface area contributed by atoms with Gasteiger partial charge in [0, 0.05) is 44.7 Å². The average Bonchev–Trinajstić information content (AvgIpc) is 3.62. The summed E-state index contributed by atoms with van der Waals surface area (Å²) in [6, 6.07) is 6.89. The first-order valence-corrected chi connectivity index (χ1v) is 14.8. The molecule has 0 spiro atoms. The van der Waals surface area contributed by atoms with Gasteiger partial charge < -0.3 is 20.4 Å². The summed E-state index contributed by atoms with van der Waals surface area (Å²) in [5, 5.41) is 10.2. The Hall–Kier alpha value is -3.34. The van der Waals surface area contributed by atoms with Gasteiger partial charge in [-0.15, -0.1) is 0 Å². The molecule has 222 valence electrons. The van der Waals surface area contributed by atoms with Gasteiger partial charge in [-0.3, -0.25) is 14.3 Å². The third kappa shape index (κ3) is 7.69. The fourth-order valence-electron chi connectivity index (χ4n) is 5.28. The topological polar surface area (TPSA) is 114 Å². The smallest absolute Gasteiger partial charge is 0.270 e. The molecule has 3 N–H and O–H groups in total. The van der Waals surface area contributed by atoms with Crippen LogP contribution in [0.3, 0.4) is 0 Å². The van der Waals surface area contributed by atoms with Gasteiger partial charge in [0.2, 0.25) is 11.8 Å². The van der Waals surface area contributed by atoms with Gasteiger partial charge in [-0.05, 0) is 62.8 Å². The van der Waals surface area contributed by atoms with Crippen LogP contribution in [0.15, 0.2) is 30.5 Å². The van der Waals surface area contributed by atoms with Crippen LogP contribution in [0, 0.1) is 5.92 Å². The lowest BCUT2D eigenvalue weighted by Gasteiger charge is -2.34. The molecule has 11 heteroatoms. The van der Waals surface area contributed by atoms with Gasteiger partial charge in [0.05, 0.1) is 17.1 Å². The number of benzene rings is 1.